The molecule has 9 heteroatoms. The molecule has 0 bridgehead atoms. The van der Waals surface area contributed by atoms with Crippen molar-refractivity contribution >= 4 is 51.6 Å². The third-order valence-corrected chi connectivity index (χ3v) is 5.64. The zero-order valence-corrected chi connectivity index (χ0v) is 19.9. The molecule has 35 heavy (non-hydrogen) atoms. The Labute approximate surface area is 210 Å². The second-order valence-corrected chi connectivity index (χ2v) is 8.65. The number of aromatic hydroxyl groups is 1. The van der Waals surface area contributed by atoms with E-state index in [0.717, 1.165) is 11.1 Å². The minimum absolute atomic E-state index is 0.0418. The molecule has 3 aromatic carbocycles. The van der Waals surface area contributed by atoms with Crippen LogP contribution in [-0.2, 0) is 0 Å². The number of thiocarbonyl (C=S) groups is 1. The van der Waals surface area contributed by atoms with Gasteiger partial charge >= 0.3 is 0 Å². The average molecular weight is 504 g/mol. The van der Waals surface area contributed by atoms with Crippen LogP contribution in [-0.4, -0.2) is 21.1 Å². The number of phenols is 1. The van der Waals surface area contributed by atoms with Gasteiger partial charge in [0.25, 0.3) is 5.91 Å². The molecule has 0 saturated heterocycles. The summed E-state index contributed by atoms with van der Waals surface area (Å²) in [5, 5.41) is 16.6. The number of anilines is 1. The van der Waals surface area contributed by atoms with Gasteiger partial charge in [-0.05, 0) is 73.2 Å². The average Bonchev–Trinajstić information content (AvgIpc) is 3.46. The van der Waals surface area contributed by atoms with Crippen molar-refractivity contribution in [3.63, 3.8) is 0 Å². The predicted molar refractivity (Wildman–Crippen MR) is 139 cm³/mol. The Morgan fingerprint density at radius 3 is 2.69 bits per heavy atom. The topological polar surface area (TPSA) is 101 Å². The van der Waals surface area contributed by atoms with Gasteiger partial charge in [-0.15, -0.1) is 0 Å². The number of hydrogen-bond donors (Lipinski definition) is 3. The highest BCUT2D eigenvalue weighted by molar-refractivity contribution is 7.80. The minimum Gasteiger partial charge on any atom is -0.507 e. The monoisotopic (exact) mass is 503 g/mol. The molecule has 2 heterocycles. The Morgan fingerprint density at radius 1 is 1.03 bits per heavy atom. The zero-order chi connectivity index (χ0) is 24.5. The van der Waals surface area contributed by atoms with Crippen molar-refractivity contribution in [2.75, 3.05) is 5.32 Å². The molecule has 5 aromatic rings. The second kappa shape index (κ2) is 9.25. The number of aromatic nitrogens is 1. The summed E-state index contributed by atoms with van der Waals surface area (Å²) in [6, 6.07) is 20.9. The third-order valence-electron chi connectivity index (χ3n) is 5.20. The van der Waals surface area contributed by atoms with Crippen molar-refractivity contribution in [2.24, 2.45) is 0 Å². The van der Waals surface area contributed by atoms with Crippen LogP contribution in [0.5, 0.6) is 5.75 Å². The second-order valence-electron chi connectivity index (χ2n) is 7.80. The fraction of sp³-hybridized carbons (Fsp3) is 0.0385. The van der Waals surface area contributed by atoms with Crippen LogP contribution in [0.3, 0.4) is 0 Å². The molecule has 7 nitrogen and oxygen atoms in total. The first kappa shape index (κ1) is 22.6. The van der Waals surface area contributed by atoms with E-state index in [2.05, 4.69) is 15.6 Å². The minimum atomic E-state index is -0.515. The normalized spacial score (nSPS) is 10.9. The maximum absolute atomic E-state index is 12.5. The van der Waals surface area contributed by atoms with Gasteiger partial charge in [0.15, 0.2) is 16.5 Å². The molecule has 0 saturated carbocycles. The molecule has 0 atom stereocenters. The molecule has 0 aliphatic rings. The number of carbonyl (C=O) groups excluding carboxylic acids is 1. The molecule has 0 spiro atoms. The lowest BCUT2D eigenvalue weighted by atomic mass is 10.2. The highest BCUT2D eigenvalue weighted by atomic mass is 35.5. The number of benzene rings is 3. The lowest BCUT2D eigenvalue weighted by Crippen LogP contribution is -2.33. The maximum atomic E-state index is 12.5. The first-order valence-electron chi connectivity index (χ1n) is 10.5. The number of hydrogen-bond acceptors (Lipinski definition) is 6. The van der Waals surface area contributed by atoms with Crippen molar-refractivity contribution < 1.29 is 18.7 Å². The number of nitrogens with one attached hydrogen (secondary N) is 2. The Hall–Kier alpha value is -4.14. The van der Waals surface area contributed by atoms with Crippen LogP contribution >= 0.6 is 23.8 Å². The first-order chi connectivity index (χ1) is 16.9. The summed E-state index contributed by atoms with van der Waals surface area (Å²) in [4.78, 5) is 17.0. The quantitative estimate of drug-likeness (QED) is 0.239. The Bertz CT molecular complexity index is 1590. The van der Waals surface area contributed by atoms with Crippen molar-refractivity contribution in [1.29, 1.82) is 0 Å². The standard InChI is InChI=1S/C26H18ClN3O4S/c1-14-5-8-19-23(11-14)34-25(29-19)18-7-6-17(13-20(18)31)28-26(35)30-24(32)22-10-9-21(33-22)15-3-2-4-16(27)12-15/h2-13,31H,1H3,(H2,28,30,32,35). The van der Waals surface area contributed by atoms with Gasteiger partial charge in [-0.3, -0.25) is 10.1 Å². The number of furan rings is 1. The highest BCUT2D eigenvalue weighted by Crippen LogP contribution is 2.33. The van der Waals surface area contributed by atoms with Crippen molar-refractivity contribution in [1.82, 2.24) is 10.3 Å². The third kappa shape index (κ3) is 4.89. The molecule has 0 unspecified atom stereocenters. The lowest BCUT2D eigenvalue weighted by molar-refractivity contribution is 0.0951. The van der Waals surface area contributed by atoms with E-state index in [1.54, 1.807) is 42.5 Å². The summed E-state index contributed by atoms with van der Waals surface area (Å²) in [5.41, 5.74) is 4.05. The lowest BCUT2D eigenvalue weighted by Gasteiger charge is -2.10. The van der Waals surface area contributed by atoms with Gasteiger partial charge in [0.1, 0.15) is 17.0 Å². The van der Waals surface area contributed by atoms with E-state index in [1.165, 1.54) is 6.07 Å². The molecule has 0 radical (unpaired) electrons. The van der Waals surface area contributed by atoms with E-state index in [0.29, 0.717) is 39.0 Å². The van der Waals surface area contributed by atoms with E-state index in [-0.39, 0.29) is 16.6 Å². The van der Waals surface area contributed by atoms with Gasteiger partial charge in [-0.2, -0.15) is 0 Å². The fourth-order valence-corrected chi connectivity index (χ4v) is 3.92. The predicted octanol–water partition coefficient (Wildman–Crippen LogP) is 6.55. The Kier molecular flexibility index (Phi) is 5.98. The van der Waals surface area contributed by atoms with Gasteiger partial charge in [0.05, 0.1) is 5.56 Å². The number of nitrogens with zero attached hydrogens (tertiary/aromatic N) is 1. The van der Waals surface area contributed by atoms with Crippen LogP contribution in [0.4, 0.5) is 5.69 Å². The summed E-state index contributed by atoms with van der Waals surface area (Å²) in [7, 11) is 0. The van der Waals surface area contributed by atoms with Gasteiger partial charge < -0.3 is 19.3 Å². The molecule has 174 valence electrons. The van der Waals surface area contributed by atoms with E-state index in [1.807, 2.05) is 31.2 Å². The van der Waals surface area contributed by atoms with E-state index >= 15 is 0 Å². The number of halogens is 1. The Morgan fingerprint density at radius 2 is 1.89 bits per heavy atom. The van der Waals surface area contributed by atoms with Crippen LogP contribution in [0.25, 0.3) is 33.9 Å². The molecule has 0 aliphatic carbocycles. The number of phenolic OH excluding ortho intramolecular Hbond substituents is 1. The number of rotatable bonds is 4. The van der Waals surface area contributed by atoms with Crippen LogP contribution in [0.1, 0.15) is 16.1 Å². The number of carbonyl (C=O) groups is 1. The molecule has 3 N–H and O–H groups in total. The largest absolute Gasteiger partial charge is 0.507 e. The summed E-state index contributed by atoms with van der Waals surface area (Å²) >= 11 is 11.3. The summed E-state index contributed by atoms with van der Waals surface area (Å²) in [6.07, 6.45) is 0. The van der Waals surface area contributed by atoms with Gasteiger partial charge in [-0.25, -0.2) is 4.98 Å². The van der Waals surface area contributed by atoms with Crippen LogP contribution < -0.4 is 10.6 Å². The number of oxazole rings is 1. The molecular weight excluding hydrogens is 486 g/mol. The van der Waals surface area contributed by atoms with Crippen LogP contribution in [0.2, 0.25) is 5.02 Å². The van der Waals surface area contributed by atoms with Crippen LogP contribution in [0, 0.1) is 6.92 Å². The van der Waals surface area contributed by atoms with Gasteiger partial charge in [0.2, 0.25) is 5.89 Å². The Balaban J connectivity index is 1.26. The number of amides is 1. The van der Waals surface area contributed by atoms with Crippen molar-refractivity contribution in [3.8, 4) is 28.5 Å². The fourth-order valence-electron chi connectivity index (χ4n) is 3.52. The number of aryl methyl sites for hydroxylation is 1. The summed E-state index contributed by atoms with van der Waals surface area (Å²) < 4.78 is 11.4. The molecular formula is C26H18ClN3O4S. The number of fused-ring (bicyclic) bond motifs is 1. The summed E-state index contributed by atoms with van der Waals surface area (Å²) in [6.45, 7) is 1.96. The molecule has 2 aromatic heterocycles. The van der Waals surface area contributed by atoms with Gasteiger partial charge in [0, 0.05) is 22.3 Å². The highest BCUT2D eigenvalue weighted by Gasteiger charge is 2.16. The first-order valence-corrected chi connectivity index (χ1v) is 11.3. The smallest absolute Gasteiger partial charge is 0.293 e. The summed E-state index contributed by atoms with van der Waals surface area (Å²) in [5.74, 6) is 0.335. The molecule has 0 aliphatic heterocycles. The van der Waals surface area contributed by atoms with Crippen LogP contribution in [0.15, 0.2) is 81.6 Å². The maximum Gasteiger partial charge on any atom is 0.293 e. The van der Waals surface area contributed by atoms with E-state index in [4.69, 9.17) is 32.7 Å². The SMILES string of the molecule is Cc1ccc2nc(-c3ccc(NC(=S)NC(=O)c4ccc(-c5cccc(Cl)c5)o4)cc3O)oc2c1. The van der Waals surface area contributed by atoms with E-state index < -0.39 is 5.91 Å². The van der Waals surface area contributed by atoms with Crippen molar-refractivity contribution in [2.45, 2.75) is 6.92 Å². The van der Waals surface area contributed by atoms with E-state index in [9.17, 15) is 9.90 Å². The molecule has 5 rings (SSSR count). The van der Waals surface area contributed by atoms with Gasteiger partial charge in [-0.1, -0.05) is 29.8 Å². The molecule has 1 amide bonds. The zero-order valence-electron chi connectivity index (χ0n) is 18.3. The van der Waals surface area contributed by atoms with Crippen molar-refractivity contribution in [3.05, 3.63) is 89.1 Å². The molecule has 0 fully saturated rings.